The van der Waals surface area contributed by atoms with Gasteiger partial charge in [-0.05, 0) is 37.5 Å². The highest BCUT2D eigenvalue weighted by molar-refractivity contribution is 8.14. The molecule has 3 nitrogen and oxygen atoms in total. The van der Waals surface area contributed by atoms with Crippen LogP contribution in [-0.4, -0.2) is 35.7 Å². The molecule has 20 heavy (non-hydrogen) atoms. The molecule has 2 saturated heterocycles. The zero-order chi connectivity index (χ0) is 14.0. The Balaban J connectivity index is 1.66. The molecule has 0 bridgehead atoms. The summed E-state index contributed by atoms with van der Waals surface area (Å²) in [6.07, 6.45) is 7.67. The maximum atomic E-state index is 5.50. The van der Waals surface area contributed by atoms with Crippen molar-refractivity contribution in [2.75, 3.05) is 19.0 Å². The highest BCUT2D eigenvalue weighted by Crippen LogP contribution is 2.36. The molecular formula is C16H28N2OS. The molecule has 2 heterocycles. The molecule has 2 unspecified atom stereocenters. The van der Waals surface area contributed by atoms with Crippen molar-refractivity contribution < 1.29 is 4.74 Å². The van der Waals surface area contributed by atoms with Crippen molar-refractivity contribution in [2.45, 2.75) is 64.0 Å². The molecule has 114 valence electrons. The second-order valence-corrected chi connectivity index (χ2v) is 7.96. The quantitative estimate of drug-likeness (QED) is 0.847. The third kappa shape index (κ3) is 3.16. The van der Waals surface area contributed by atoms with E-state index in [1.54, 1.807) is 0 Å². The monoisotopic (exact) mass is 296 g/mol. The van der Waals surface area contributed by atoms with Crippen LogP contribution in [0.3, 0.4) is 0 Å². The molecular weight excluding hydrogens is 268 g/mol. The minimum atomic E-state index is 0.281. The number of hydrogen-bond donors (Lipinski definition) is 1. The van der Waals surface area contributed by atoms with Crippen LogP contribution in [0.4, 0.5) is 0 Å². The van der Waals surface area contributed by atoms with E-state index < -0.39 is 0 Å². The van der Waals surface area contributed by atoms with Gasteiger partial charge in [-0.25, -0.2) is 0 Å². The summed E-state index contributed by atoms with van der Waals surface area (Å²) >= 11 is 1.94. The average molecular weight is 296 g/mol. The Hall–Kier alpha value is -0.220. The Morgan fingerprint density at radius 2 is 2.00 bits per heavy atom. The van der Waals surface area contributed by atoms with Gasteiger partial charge in [-0.3, -0.25) is 4.99 Å². The lowest BCUT2D eigenvalue weighted by Gasteiger charge is -2.34. The summed E-state index contributed by atoms with van der Waals surface area (Å²) in [4.78, 5) is 5.11. The van der Waals surface area contributed by atoms with Gasteiger partial charge in [0.2, 0.25) is 0 Å². The van der Waals surface area contributed by atoms with E-state index in [-0.39, 0.29) is 5.54 Å². The molecule has 3 rings (SSSR count). The minimum absolute atomic E-state index is 0.281. The van der Waals surface area contributed by atoms with Gasteiger partial charge in [0, 0.05) is 19.0 Å². The number of ether oxygens (including phenoxy) is 1. The van der Waals surface area contributed by atoms with E-state index in [9.17, 15) is 0 Å². The molecule has 0 aromatic rings. The van der Waals surface area contributed by atoms with Crippen molar-refractivity contribution in [3.8, 4) is 0 Å². The van der Waals surface area contributed by atoms with Gasteiger partial charge in [-0.2, -0.15) is 0 Å². The first kappa shape index (κ1) is 14.7. The number of nitrogens with zero attached hydrogens (tertiary/aromatic N) is 1. The van der Waals surface area contributed by atoms with E-state index in [2.05, 4.69) is 19.2 Å². The van der Waals surface area contributed by atoms with Gasteiger partial charge in [0.1, 0.15) is 0 Å². The smallest absolute Gasteiger partial charge is 0.157 e. The van der Waals surface area contributed by atoms with Crippen molar-refractivity contribution >= 4 is 16.9 Å². The van der Waals surface area contributed by atoms with Crippen molar-refractivity contribution in [2.24, 2.45) is 16.8 Å². The summed E-state index contributed by atoms with van der Waals surface area (Å²) in [6, 6.07) is 0.550. The van der Waals surface area contributed by atoms with E-state index in [1.165, 1.54) is 36.6 Å². The summed E-state index contributed by atoms with van der Waals surface area (Å²) in [6.45, 7) is 6.52. The molecule has 0 amide bonds. The second-order valence-electron chi connectivity index (χ2n) is 7.00. The zero-order valence-corrected chi connectivity index (χ0v) is 13.7. The van der Waals surface area contributed by atoms with Gasteiger partial charge in [0.25, 0.3) is 0 Å². The van der Waals surface area contributed by atoms with Crippen LogP contribution in [0.2, 0.25) is 0 Å². The number of hydrogen-bond acceptors (Lipinski definition) is 3. The zero-order valence-electron chi connectivity index (χ0n) is 12.9. The third-order valence-corrected chi connectivity index (χ3v) is 6.41. The van der Waals surface area contributed by atoms with Crippen molar-refractivity contribution in [3.05, 3.63) is 0 Å². The number of aliphatic imine (C=N–C) groups is 1. The van der Waals surface area contributed by atoms with Gasteiger partial charge in [0.05, 0.1) is 11.6 Å². The molecule has 0 radical (unpaired) electrons. The van der Waals surface area contributed by atoms with Crippen LogP contribution in [0.5, 0.6) is 0 Å². The third-order valence-electron chi connectivity index (χ3n) is 5.23. The predicted octanol–water partition coefficient (Wildman–Crippen LogP) is 3.44. The molecule has 1 saturated carbocycles. The molecule has 0 aromatic carbocycles. The lowest BCUT2D eigenvalue weighted by molar-refractivity contribution is 0.0555. The Morgan fingerprint density at radius 3 is 2.75 bits per heavy atom. The molecule has 1 spiro atoms. The fourth-order valence-corrected chi connectivity index (χ4v) is 5.11. The van der Waals surface area contributed by atoms with Crippen molar-refractivity contribution in [1.29, 1.82) is 0 Å². The largest absolute Gasteiger partial charge is 0.381 e. The van der Waals surface area contributed by atoms with Crippen molar-refractivity contribution in [3.63, 3.8) is 0 Å². The van der Waals surface area contributed by atoms with Crippen molar-refractivity contribution in [1.82, 2.24) is 5.32 Å². The average Bonchev–Trinajstić information content (AvgIpc) is 2.82. The Labute approximate surface area is 127 Å². The molecule has 2 atom stereocenters. The fraction of sp³-hybridized carbons (Fsp3) is 0.938. The van der Waals surface area contributed by atoms with E-state index in [1.807, 2.05) is 11.8 Å². The van der Waals surface area contributed by atoms with Crippen LogP contribution in [0, 0.1) is 11.8 Å². The van der Waals surface area contributed by atoms with Crippen LogP contribution in [0.1, 0.15) is 52.4 Å². The lowest BCUT2D eigenvalue weighted by Crippen LogP contribution is -2.48. The number of thioether (sulfide) groups is 1. The highest BCUT2D eigenvalue weighted by Gasteiger charge is 2.39. The second kappa shape index (κ2) is 6.27. The van der Waals surface area contributed by atoms with Gasteiger partial charge in [-0.1, -0.05) is 38.5 Å². The Kier molecular flexibility index (Phi) is 4.61. The van der Waals surface area contributed by atoms with Crippen LogP contribution >= 0.6 is 11.8 Å². The van der Waals surface area contributed by atoms with E-state index in [0.29, 0.717) is 6.04 Å². The standard InChI is InChI=1S/C16H28N2OS/c1-12(2)13-5-3-4-6-14(13)17-15-18-16(11-20-15)7-9-19-10-8-16/h12-14H,3-11H2,1-2H3,(H,17,18). The van der Waals surface area contributed by atoms with E-state index >= 15 is 0 Å². The topological polar surface area (TPSA) is 33.6 Å². The first-order valence-corrected chi connectivity index (χ1v) is 9.24. The first-order chi connectivity index (χ1) is 9.69. The number of nitrogens with one attached hydrogen (secondary N) is 1. The summed E-state index contributed by atoms with van der Waals surface area (Å²) in [5, 5.41) is 4.96. The molecule has 4 heteroatoms. The van der Waals surface area contributed by atoms with Gasteiger partial charge in [0.15, 0.2) is 5.17 Å². The minimum Gasteiger partial charge on any atom is -0.381 e. The fourth-order valence-electron chi connectivity index (χ4n) is 3.84. The molecule has 2 aliphatic heterocycles. The summed E-state index contributed by atoms with van der Waals surface area (Å²) in [7, 11) is 0. The van der Waals surface area contributed by atoms with Crippen LogP contribution in [0.25, 0.3) is 0 Å². The van der Waals surface area contributed by atoms with Crippen LogP contribution in [-0.2, 0) is 4.74 Å². The van der Waals surface area contributed by atoms with Crippen LogP contribution < -0.4 is 5.32 Å². The van der Waals surface area contributed by atoms with Crippen LogP contribution in [0.15, 0.2) is 4.99 Å². The highest BCUT2D eigenvalue weighted by atomic mass is 32.2. The number of amidine groups is 1. The molecule has 3 aliphatic rings. The van der Waals surface area contributed by atoms with Gasteiger partial charge < -0.3 is 10.1 Å². The van der Waals surface area contributed by atoms with E-state index in [4.69, 9.17) is 9.73 Å². The lowest BCUT2D eigenvalue weighted by atomic mass is 9.78. The summed E-state index contributed by atoms with van der Waals surface area (Å²) in [5.41, 5.74) is 0.281. The maximum Gasteiger partial charge on any atom is 0.157 e. The normalized spacial score (nSPS) is 35.6. The molecule has 3 fully saturated rings. The maximum absolute atomic E-state index is 5.50. The number of rotatable bonds is 2. The SMILES string of the molecule is CC(C)C1CCCCC1N=C1NC2(CCOCC2)CS1. The molecule has 0 aromatic heterocycles. The van der Waals surface area contributed by atoms with E-state index in [0.717, 1.165) is 37.9 Å². The summed E-state index contributed by atoms with van der Waals surface area (Å²) < 4.78 is 5.50. The summed E-state index contributed by atoms with van der Waals surface area (Å²) in [5.74, 6) is 2.71. The Bertz CT molecular complexity index is 363. The molecule has 1 N–H and O–H groups in total. The first-order valence-electron chi connectivity index (χ1n) is 8.25. The predicted molar refractivity (Wildman–Crippen MR) is 86.4 cm³/mol. The molecule has 1 aliphatic carbocycles. The van der Waals surface area contributed by atoms with Gasteiger partial charge in [-0.15, -0.1) is 0 Å². The Morgan fingerprint density at radius 1 is 1.25 bits per heavy atom. The van der Waals surface area contributed by atoms with Gasteiger partial charge >= 0.3 is 0 Å².